The molecule has 48 heavy (non-hydrogen) atoms. The Kier molecular flexibility index (Phi) is 13.6. The molecule has 3 saturated heterocycles. The van der Waals surface area contributed by atoms with E-state index in [4.69, 9.17) is 4.74 Å². The Balaban J connectivity index is 1.26. The number of nitrogens with zero attached hydrogens (tertiary/aromatic N) is 3. The molecule has 0 saturated carbocycles. The average molecular weight is 660 g/mol. The van der Waals surface area contributed by atoms with Crippen molar-refractivity contribution in [1.82, 2.24) is 25.3 Å². The normalized spacial score (nSPS) is 19.3. The van der Waals surface area contributed by atoms with Crippen LogP contribution in [0.1, 0.15) is 89.2 Å². The monoisotopic (exact) mass is 659 g/mol. The largest absolute Gasteiger partial charge is 0.489 e. The van der Waals surface area contributed by atoms with Gasteiger partial charge in [-0.25, -0.2) is 4.79 Å². The Labute approximate surface area is 287 Å². The molecule has 9 heteroatoms. The lowest BCUT2D eigenvalue weighted by Crippen LogP contribution is -2.58. The van der Waals surface area contributed by atoms with Crippen molar-refractivity contribution < 1.29 is 19.1 Å². The highest BCUT2D eigenvalue weighted by Gasteiger charge is 2.34. The van der Waals surface area contributed by atoms with E-state index < -0.39 is 12.1 Å². The molecule has 2 aromatic rings. The number of piperidine rings is 2. The third-order valence-corrected chi connectivity index (χ3v) is 10.1. The highest BCUT2D eigenvalue weighted by Crippen LogP contribution is 2.23. The molecule has 4 amide bonds. The first-order valence-electron chi connectivity index (χ1n) is 18.5. The summed E-state index contributed by atoms with van der Waals surface area (Å²) in [7, 11) is 0. The van der Waals surface area contributed by atoms with Gasteiger partial charge in [0.05, 0.1) is 0 Å². The summed E-state index contributed by atoms with van der Waals surface area (Å²) in [5.74, 6) is 0.599. The average Bonchev–Trinajstić information content (AvgIpc) is 3.41. The number of nitrogens with one attached hydrogen (secondary N) is 2. The molecule has 0 unspecified atom stereocenters. The molecule has 5 rings (SSSR count). The fourth-order valence-corrected chi connectivity index (χ4v) is 7.34. The van der Waals surface area contributed by atoms with Gasteiger partial charge in [-0.1, -0.05) is 75.6 Å². The third kappa shape index (κ3) is 10.7. The van der Waals surface area contributed by atoms with E-state index in [1.165, 1.54) is 19.3 Å². The maximum absolute atomic E-state index is 14.2. The Hall–Kier alpha value is -3.59. The topological polar surface area (TPSA) is 94.2 Å². The lowest BCUT2D eigenvalue weighted by Gasteiger charge is -2.41. The fourth-order valence-electron chi connectivity index (χ4n) is 7.34. The van der Waals surface area contributed by atoms with Crippen LogP contribution in [0.3, 0.4) is 0 Å². The fraction of sp³-hybridized carbons (Fsp3) is 0.615. The lowest BCUT2D eigenvalue weighted by atomic mass is 9.97. The van der Waals surface area contributed by atoms with E-state index in [0.717, 1.165) is 68.5 Å². The van der Waals surface area contributed by atoms with E-state index in [-0.39, 0.29) is 23.8 Å². The van der Waals surface area contributed by atoms with Crippen LogP contribution in [0.4, 0.5) is 4.79 Å². The van der Waals surface area contributed by atoms with Crippen LogP contribution in [0.2, 0.25) is 0 Å². The molecule has 0 aromatic heterocycles. The number of carbonyl (C=O) groups excluding carboxylic acids is 3. The number of amides is 4. The summed E-state index contributed by atoms with van der Waals surface area (Å²) in [6, 6.07) is 16.7. The van der Waals surface area contributed by atoms with Crippen molar-refractivity contribution in [2.45, 2.75) is 109 Å². The zero-order valence-corrected chi connectivity index (χ0v) is 29.2. The third-order valence-electron chi connectivity index (χ3n) is 10.1. The Morgan fingerprint density at radius 2 is 1.33 bits per heavy atom. The van der Waals surface area contributed by atoms with Crippen molar-refractivity contribution in [1.29, 1.82) is 0 Å². The predicted molar refractivity (Wildman–Crippen MR) is 190 cm³/mol. The summed E-state index contributed by atoms with van der Waals surface area (Å²) < 4.78 is 5.99. The predicted octanol–water partition coefficient (Wildman–Crippen LogP) is 5.77. The first kappa shape index (κ1) is 35.7. The first-order chi connectivity index (χ1) is 23.4. The zero-order valence-electron chi connectivity index (χ0n) is 29.2. The number of carbonyl (C=O) groups is 3. The molecule has 0 radical (unpaired) electrons. The van der Waals surface area contributed by atoms with Crippen LogP contribution in [0, 0.1) is 5.92 Å². The quantitative estimate of drug-likeness (QED) is 0.302. The molecule has 0 spiro atoms. The summed E-state index contributed by atoms with van der Waals surface area (Å²) in [6.07, 6.45) is 10.8. The lowest BCUT2D eigenvalue weighted by molar-refractivity contribution is -0.138. The summed E-state index contributed by atoms with van der Waals surface area (Å²) in [5, 5.41) is 6.16. The minimum absolute atomic E-state index is 0.0491. The van der Waals surface area contributed by atoms with E-state index >= 15 is 0 Å². The molecule has 3 heterocycles. The van der Waals surface area contributed by atoms with Gasteiger partial charge >= 0.3 is 6.03 Å². The van der Waals surface area contributed by atoms with Gasteiger partial charge in [0.2, 0.25) is 11.8 Å². The second kappa shape index (κ2) is 18.2. The second-order valence-electron chi connectivity index (χ2n) is 14.4. The molecule has 0 bridgehead atoms. The molecule has 3 aliphatic rings. The van der Waals surface area contributed by atoms with Crippen LogP contribution >= 0.6 is 0 Å². The molecule has 3 aliphatic heterocycles. The number of rotatable bonds is 12. The molecule has 2 atom stereocenters. The Morgan fingerprint density at radius 3 is 1.98 bits per heavy atom. The molecule has 0 aliphatic carbocycles. The number of hydrogen-bond donors (Lipinski definition) is 2. The van der Waals surface area contributed by atoms with Crippen molar-refractivity contribution in [3.05, 3.63) is 65.7 Å². The molecule has 262 valence electrons. The van der Waals surface area contributed by atoms with Crippen molar-refractivity contribution >= 4 is 17.8 Å². The Morgan fingerprint density at radius 1 is 0.708 bits per heavy atom. The number of likely N-dealkylation sites (tertiary alicyclic amines) is 3. The van der Waals surface area contributed by atoms with Gasteiger partial charge in [0, 0.05) is 38.6 Å². The molecular weight excluding hydrogens is 602 g/mol. The van der Waals surface area contributed by atoms with Crippen LogP contribution < -0.4 is 15.4 Å². The minimum atomic E-state index is -0.732. The van der Waals surface area contributed by atoms with Gasteiger partial charge in [0.1, 0.15) is 24.4 Å². The van der Waals surface area contributed by atoms with E-state index in [2.05, 4.69) is 29.4 Å². The minimum Gasteiger partial charge on any atom is -0.489 e. The van der Waals surface area contributed by atoms with Crippen LogP contribution in [-0.2, 0) is 22.6 Å². The van der Waals surface area contributed by atoms with E-state index in [9.17, 15) is 14.4 Å². The second-order valence-corrected chi connectivity index (χ2v) is 14.4. The van der Waals surface area contributed by atoms with Crippen LogP contribution in [0.25, 0.3) is 0 Å². The highest BCUT2D eigenvalue weighted by atomic mass is 16.5. The number of hydrogen-bond acceptors (Lipinski definition) is 5. The van der Waals surface area contributed by atoms with E-state index in [0.29, 0.717) is 51.7 Å². The van der Waals surface area contributed by atoms with Gasteiger partial charge in [0.25, 0.3) is 0 Å². The van der Waals surface area contributed by atoms with Crippen LogP contribution in [-0.4, -0.2) is 89.9 Å². The summed E-state index contributed by atoms with van der Waals surface area (Å²) >= 11 is 0. The smallest absolute Gasteiger partial charge is 0.318 e. The van der Waals surface area contributed by atoms with Crippen LogP contribution in [0.5, 0.6) is 5.75 Å². The van der Waals surface area contributed by atoms with Crippen molar-refractivity contribution in [3.8, 4) is 5.75 Å². The molecule has 3 fully saturated rings. The van der Waals surface area contributed by atoms with Gasteiger partial charge in [-0.2, -0.15) is 0 Å². The van der Waals surface area contributed by atoms with E-state index in [1.807, 2.05) is 64.4 Å². The Bertz CT molecular complexity index is 1280. The van der Waals surface area contributed by atoms with Gasteiger partial charge in [0.15, 0.2) is 0 Å². The van der Waals surface area contributed by atoms with Crippen molar-refractivity contribution in [3.63, 3.8) is 0 Å². The van der Waals surface area contributed by atoms with Gasteiger partial charge in [-0.3, -0.25) is 9.59 Å². The molecule has 2 N–H and O–H groups in total. The number of benzene rings is 2. The maximum Gasteiger partial charge on any atom is 0.318 e. The summed E-state index contributed by atoms with van der Waals surface area (Å²) in [5.41, 5.74) is 2.04. The molecular formula is C39H57N5O4. The first-order valence-corrected chi connectivity index (χ1v) is 18.5. The molecule has 9 nitrogen and oxygen atoms in total. The van der Waals surface area contributed by atoms with Gasteiger partial charge in [-0.15, -0.1) is 0 Å². The number of urea groups is 1. The van der Waals surface area contributed by atoms with Crippen LogP contribution in [0.15, 0.2) is 54.6 Å². The van der Waals surface area contributed by atoms with Gasteiger partial charge in [-0.05, 0) is 87.2 Å². The van der Waals surface area contributed by atoms with Crippen molar-refractivity contribution in [2.75, 3.05) is 39.3 Å². The summed E-state index contributed by atoms with van der Waals surface area (Å²) in [6.45, 7) is 9.70. The SMILES string of the molecule is CC(C)C[C@H](NC(=O)N1CCCCCC1)C(=O)N[C@@H](Cc1ccc(OCc2ccccc2)cc1)C(=O)N1CCC(N2CCCCC2)CC1. The standard InChI is InChI=1S/C39H57N5O4/c1-30(2)27-35(41-39(47)44-23-9-3-4-10-24-44)37(45)40-36(38(46)43-25-19-33(20-26-43)42-21-11-6-12-22-42)28-31-15-17-34(18-16-31)48-29-32-13-7-5-8-14-32/h5,7-8,13-18,30,33,35-36H,3-4,6,9-12,19-29H2,1-2H3,(H,40,45)(H,41,47)/t35-,36-/m0/s1. The highest BCUT2D eigenvalue weighted by molar-refractivity contribution is 5.92. The summed E-state index contributed by atoms with van der Waals surface area (Å²) in [4.78, 5) is 47.8. The molecule has 2 aromatic carbocycles. The number of ether oxygens (including phenoxy) is 1. The maximum atomic E-state index is 14.2. The van der Waals surface area contributed by atoms with Gasteiger partial charge < -0.3 is 30.1 Å². The van der Waals surface area contributed by atoms with E-state index in [1.54, 1.807) is 0 Å². The van der Waals surface area contributed by atoms with Crippen molar-refractivity contribution in [2.24, 2.45) is 5.92 Å². The zero-order chi connectivity index (χ0) is 33.7.